The smallest absolute Gasteiger partial charge is 0.307 e. The van der Waals surface area contributed by atoms with Gasteiger partial charge in [0.15, 0.2) is 0 Å². The van der Waals surface area contributed by atoms with E-state index in [2.05, 4.69) is 0 Å². The van der Waals surface area contributed by atoms with E-state index in [1.165, 1.54) is 19.2 Å². The Bertz CT molecular complexity index is 361. The molecule has 1 aromatic rings. The number of benzene rings is 1. The van der Waals surface area contributed by atoms with Gasteiger partial charge in [0.25, 0.3) is 0 Å². The molecule has 0 atom stereocenters. The van der Waals surface area contributed by atoms with Crippen LogP contribution in [0.5, 0.6) is 5.75 Å². The Morgan fingerprint density at radius 3 is 2.71 bits per heavy atom. The van der Waals surface area contributed by atoms with Crippen molar-refractivity contribution in [3.05, 3.63) is 29.1 Å². The van der Waals surface area contributed by atoms with Crippen molar-refractivity contribution < 1.29 is 19.0 Å². The molecule has 0 bridgehead atoms. The van der Waals surface area contributed by atoms with Gasteiger partial charge in [-0.25, -0.2) is 4.39 Å². The first-order chi connectivity index (χ1) is 6.54. The standard InChI is InChI=1S/C10H11FO3/c1-6-3-7(4-10(12)13)8(11)5-9(6)14-2/h3,5H,4H2,1-2H3,(H,12,13). The van der Waals surface area contributed by atoms with E-state index >= 15 is 0 Å². The van der Waals surface area contributed by atoms with Crippen LogP contribution in [-0.4, -0.2) is 18.2 Å². The number of halogens is 1. The van der Waals surface area contributed by atoms with Crippen molar-refractivity contribution in [1.29, 1.82) is 0 Å². The van der Waals surface area contributed by atoms with Crippen LogP contribution in [0.3, 0.4) is 0 Å². The third-order valence-corrected chi connectivity index (χ3v) is 1.91. The maximum atomic E-state index is 13.2. The molecule has 0 radical (unpaired) electrons. The summed E-state index contributed by atoms with van der Waals surface area (Å²) in [6.45, 7) is 1.74. The van der Waals surface area contributed by atoms with Crippen LogP contribution < -0.4 is 4.74 Å². The number of rotatable bonds is 3. The van der Waals surface area contributed by atoms with Crippen molar-refractivity contribution in [2.45, 2.75) is 13.3 Å². The Labute approximate surface area is 81.1 Å². The maximum Gasteiger partial charge on any atom is 0.307 e. The molecule has 1 rings (SSSR count). The largest absolute Gasteiger partial charge is 0.496 e. The number of hydrogen-bond donors (Lipinski definition) is 1. The summed E-state index contributed by atoms with van der Waals surface area (Å²) in [7, 11) is 1.44. The SMILES string of the molecule is COc1cc(F)c(CC(=O)O)cc1C. The molecule has 1 aromatic carbocycles. The van der Waals surface area contributed by atoms with Crippen molar-refractivity contribution in [3.63, 3.8) is 0 Å². The van der Waals surface area contributed by atoms with Gasteiger partial charge in [-0.05, 0) is 24.1 Å². The van der Waals surface area contributed by atoms with Crippen LogP contribution in [0.4, 0.5) is 4.39 Å². The minimum Gasteiger partial charge on any atom is -0.496 e. The highest BCUT2D eigenvalue weighted by Gasteiger charge is 2.10. The molecule has 0 aromatic heterocycles. The fourth-order valence-electron chi connectivity index (χ4n) is 1.24. The van der Waals surface area contributed by atoms with E-state index < -0.39 is 11.8 Å². The summed E-state index contributed by atoms with van der Waals surface area (Å²) < 4.78 is 18.1. The summed E-state index contributed by atoms with van der Waals surface area (Å²) in [6, 6.07) is 2.69. The fourth-order valence-corrected chi connectivity index (χ4v) is 1.24. The summed E-state index contributed by atoms with van der Waals surface area (Å²) in [5.41, 5.74) is 0.904. The second kappa shape index (κ2) is 4.09. The number of hydrogen-bond acceptors (Lipinski definition) is 2. The molecule has 0 aliphatic carbocycles. The molecule has 0 heterocycles. The van der Waals surface area contributed by atoms with Gasteiger partial charge in [0, 0.05) is 6.07 Å². The molecule has 0 amide bonds. The minimum absolute atomic E-state index is 0.177. The molecule has 0 saturated carbocycles. The van der Waals surface area contributed by atoms with E-state index in [9.17, 15) is 9.18 Å². The van der Waals surface area contributed by atoms with Gasteiger partial charge in [-0.2, -0.15) is 0 Å². The number of carboxylic acid groups (broad SMARTS) is 1. The Morgan fingerprint density at radius 2 is 2.21 bits per heavy atom. The van der Waals surface area contributed by atoms with Crippen LogP contribution in [0.25, 0.3) is 0 Å². The first-order valence-corrected chi connectivity index (χ1v) is 4.09. The van der Waals surface area contributed by atoms with Crippen LogP contribution in [-0.2, 0) is 11.2 Å². The third kappa shape index (κ3) is 2.22. The van der Waals surface area contributed by atoms with Gasteiger partial charge in [-0.3, -0.25) is 4.79 Å². The molecule has 76 valence electrons. The molecule has 4 heteroatoms. The molecule has 0 fully saturated rings. The molecule has 0 saturated heterocycles. The van der Waals surface area contributed by atoms with E-state index in [4.69, 9.17) is 9.84 Å². The number of carbonyl (C=O) groups is 1. The monoisotopic (exact) mass is 198 g/mol. The van der Waals surface area contributed by atoms with Gasteiger partial charge in [-0.15, -0.1) is 0 Å². The summed E-state index contributed by atoms with van der Waals surface area (Å²) in [5, 5.41) is 8.51. The van der Waals surface area contributed by atoms with Gasteiger partial charge in [0.05, 0.1) is 13.5 Å². The molecule has 0 aliphatic rings. The fraction of sp³-hybridized carbons (Fsp3) is 0.300. The zero-order valence-electron chi connectivity index (χ0n) is 8.00. The highest BCUT2D eigenvalue weighted by atomic mass is 19.1. The van der Waals surface area contributed by atoms with Crippen molar-refractivity contribution in [3.8, 4) is 5.75 Å². The van der Waals surface area contributed by atoms with Crippen molar-refractivity contribution in [2.75, 3.05) is 7.11 Å². The van der Waals surface area contributed by atoms with Crippen molar-refractivity contribution in [2.24, 2.45) is 0 Å². The van der Waals surface area contributed by atoms with Gasteiger partial charge < -0.3 is 9.84 Å². The lowest BCUT2D eigenvalue weighted by molar-refractivity contribution is -0.136. The lowest BCUT2D eigenvalue weighted by Gasteiger charge is -2.07. The number of aliphatic carboxylic acids is 1. The summed E-state index contributed by atoms with van der Waals surface area (Å²) in [4.78, 5) is 10.4. The zero-order chi connectivity index (χ0) is 10.7. The maximum absolute atomic E-state index is 13.2. The Morgan fingerprint density at radius 1 is 1.57 bits per heavy atom. The zero-order valence-corrected chi connectivity index (χ0v) is 8.00. The average molecular weight is 198 g/mol. The minimum atomic E-state index is -1.05. The first kappa shape index (κ1) is 10.5. The Kier molecular flexibility index (Phi) is 3.06. The van der Waals surface area contributed by atoms with Crippen molar-refractivity contribution in [1.82, 2.24) is 0 Å². The average Bonchev–Trinajstić information content (AvgIpc) is 2.10. The van der Waals surface area contributed by atoms with E-state index in [0.717, 1.165) is 5.56 Å². The predicted octanol–water partition coefficient (Wildman–Crippen LogP) is 1.77. The van der Waals surface area contributed by atoms with E-state index in [1.807, 2.05) is 0 Å². The number of ether oxygens (including phenoxy) is 1. The van der Waals surface area contributed by atoms with Crippen LogP contribution >= 0.6 is 0 Å². The van der Waals surface area contributed by atoms with Gasteiger partial charge in [0.2, 0.25) is 0 Å². The highest BCUT2D eigenvalue weighted by Crippen LogP contribution is 2.22. The molecular formula is C10H11FO3. The summed E-state index contributed by atoms with van der Waals surface area (Å²) >= 11 is 0. The summed E-state index contributed by atoms with van der Waals surface area (Å²) in [5.74, 6) is -1.17. The second-order valence-corrected chi connectivity index (χ2v) is 2.98. The quantitative estimate of drug-likeness (QED) is 0.805. The molecule has 1 N–H and O–H groups in total. The van der Waals surface area contributed by atoms with E-state index in [-0.39, 0.29) is 12.0 Å². The van der Waals surface area contributed by atoms with Gasteiger partial charge >= 0.3 is 5.97 Å². The second-order valence-electron chi connectivity index (χ2n) is 2.98. The van der Waals surface area contributed by atoms with Gasteiger partial charge in [0.1, 0.15) is 11.6 Å². The normalized spacial score (nSPS) is 9.93. The van der Waals surface area contributed by atoms with Crippen LogP contribution in [0.2, 0.25) is 0 Å². The topological polar surface area (TPSA) is 46.5 Å². The number of aryl methyl sites for hydroxylation is 1. The van der Waals surface area contributed by atoms with E-state index in [1.54, 1.807) is 6.92 Å². The van der Waals surface area contributed by atoms with Crippen LogP contribution in [0.15, 0.2) is 12.1 Å². The van der Waals surface area contributed by atoms with Crippen molar-refractivity contribution >= 4 is 5.97 Å². The molecule has 0 spiro atoms. The molecule has 0 aliphatic heterocycles. The predicted molar refractivity (Wildman–Crippen MR) is 49.0 cm³/mol. The molecule has 14 heavy (non-hydrogen) atoms. The lowest BCUT2D eigenvalue weighted by Crippen LogP contribution is -2.03. The van der Waals surface area contributed by atoms with Gasteiger partial charge in [-0.1, -0.05) is 0 Å². The summed E-state index contributed by atoms with van der Waals surface area (Å²) in [6.07, 6.45) is -0.309. The Balaban J connectivity index is 3.08. The first-order valence-electron chi connectivity index (χ1n) is 4.09. The lowest BCUT2D eigenvalue weighted by atomic mass is 10.1. The highest BCUT2D eigenvalue weighted by molar-refractivity contribution is 5.70. The molecule has 3 nitrogen and oxygen atoms in total. The number of methoxy groups -OCH3 is 1. The van der Waals surface area contributed by atoms with Crippen LogP contribution in [0.1, 0.15) is 11.1 Å². The number of carboxylic acids is 1. The Hall–Kier alpha value is -1.58. The van der Waals surface area contributed by atoms with E-state index in [0.29, 0.717) is 5.75 Å². The molecular weight excluding hydrogens is 187 g/mol. The van der Waals surface area contributed by atoms with Crippen LogP contribution in [0, 0.1) is 12.7 Å². The molecule has 0 unspecified atom stereocenters. The third-order valence-electron chi connectivity index (χ3n) is 1.91.